The van der Waals surface area contributed by atoms with Crippen LogP contribution in [0.2, 0.25) is 0 Å². The third-order valence-corrected chi connectivity index (χ3v) is 2.50. The fourth-order valence-corrected chi connectivity index (χ4v) is 1.35. The van der Waals surface area contributed by atoms with Crippen LogP contribution in [0.5, 0.6) is 0 Å². The molecule has 15 heavy (non-hydrogen) atoms. The Morgan fingerprint density at radius 2 is 1.80 bits per heavy atom. The number of aliphatic carboxylic acids is 1. The summed E-state index contributed by atoms with van der Waals surface area (Å²) in [5.74, 6) is -1.02. The number of carbonyl (C=O) groups excluding carboxylic acids is 1. The number of hydrogen-bond donors (Lipinski definition) is 2. The van der Waals surface area contributed by atoms with Crippen LogP contribution in [0.25, 0.3) is 0 Å². The minimum Gasteiger partial charge on any atom is -0.480 e. The first-order valence-corrected chi connectivity index (χ1v) is 4.97. The number of hydrogen-bond acceptors (Lipinski definition) is 3. The Labute approximate surface area is 88.8 Å². The number of rotatable bonds is 2. The van der Waals surface area contributed by atoms with E-state index < -0.39 is 12.0 Å². The van der Waals surface area contributed by atoms with Gasteiger partial charge >= 0.3 is 12.0 Å². The number of carboxylic acid groups (broad SMARTS) is 1. The fraction of sp³-hybridized carbons (Fsp3) is 0.778. The zero-order valence-electron chi connectivity index (χ0n) is 9.06. The van der Waals surface area contributed by atoms with Gasteiger partial charge in [-0.2, -0.15) is 0 Å². The Morgan fingerprint density at radius 1 is 1.27 bits per heavy atom. The molecule has 1 aliphatic rings. The average molecular weight is 215 g/mol. The van der Waals surface area contributed by atoms with Crippen LogP contribution in [0.15, 0.2) is 0 Å². The summed E-state index contributed by atoms with van der Waals surface area (Å²) in [4.78, 5) is 25.8. The van der Waals surface area contributed by atoms with Crippen molar-refractivity contribution in [3.63, 3.8) is 0 Å². The van der Waals surface area contributed by atoms with Gasteiger partial charge in [0.15, 0.2) is 0 Å². The van der Waals surface area contributed by atoms with Crippen molar-refractivity contribution in [2.45, 2.75) is 13.0 Å². The van der Waals surface area contributed by atoms with Crippen molar-refractivity contribution >= 4 is 12.0 Å². The molecule has 1 heterocycles. The molecule has 0 aliphatic carbocycles. The van der Waals surface area contributed by atoms with Crippen LogP contribution in [0, 0.1) is 0 Å². The highest BCUT2D eigenvalue weighted by atomic mass is 16.4. The Hall–Kier alpha value is -1.30. The molecule has 2 N–H and O–H groups in total. The van der Waals surface area contributed by atoms with Gasteiger partial charge in [-0.1, -0.05) is 0 Å². The highest BCUT2D eigenvalue weighted by Crippen LogP contribution is 1.99. The fourth-order valence-electron chi connectivity index (χ4n) is 1.35. The van der Waals surface area contributed by atoms with Gasteiger partial charge in [-0.3, -0.25) is 4.79 Å². The van der Waals surface area contributed by atoms with Crippen LogP contribution in [0.1, 0.15) is 6.92 Å². The van der Waals surface area contributed by atoms with Gasteiger partial charge in [-0.25, -0.2) is 4.79 Å². The van der Waals surface area contributed by atoms with E-state index in [1.54, 1.807) is 4.90 Å². The summed E-state index contributed by atoms with van der Waals surface area (Å²) in [6.45, 7) is 4.41. The number of urea groups is 1. The van der Waals surface area contributed by atoms with Crippen LogP contribution >= 0.6 is 0 Å². The second-order valence-electron chi connectivity index (χ2n) is 3.80. The molecule has 0 aromatic carbocycles. The van der Waals surface area contributed by atoms with E-state index in [0.717, 1.165) is 13.1 Å². The summed E-state index contributed by atoms with van der Waals surface area (Å²) in [5.41, 5.74) is 0. The maximum Gasteiger partial charge on any atom is 0.325 e. The molecule has 2 amide bonds. The van der Waals surface area contributed by atoms with Crippen LogP contribution in [0.4, 0.5) is 4.79 Å². The number of piperazine rings is 1. The van der Waals surface area contributed by atoms with E-state index in [9.17, 15) is 9.59 Å². The maximum absolute atomic E-state index is 11.6. The van der Waals surface area contributed by atoms with E-state index in [0.29, 0.717) is 13.1 Å². The van der Waals surface area contributed by atoms with Crippen molar-refractivity contribution in [2.24, 2.45) is 0 Å². The quantitative estimate of drug-likeness (QED) is 0.646. The standard InChI is InChI=1S/C9H17N3O3/c1-7(8(13)14)10-9(15)12-5-3-11(2)4-6-12/h7H,3-6H2,1-2H3,(H,10,15)(H,13,14)/t7-/m0/s1. The highest BCUT2D eigenvalue weighted by molar-refractivity contribution is 5.82. The first-order chi connectivity index (χ1) is 7.00. The molecule has 0 spiro atoms. The minimum atomic E-state index is -1.02. The van der Waals surface area contributed by atoms with Crippen LogP contribution < -0.4 is 5.32 Å². The molecule has 0 unspecified atom stereocenters. The third kappa shape index (κ3) is 3.39. The van der Waals surface area contributed by atoms with Crippen molar-refractivity contribution in [2.75, 3.05) is 33.2 Å². The monoisotopic (exact) mass is 215 g/mol. The summed E-state index contributed by atoms with van der Waals surface area (Å²) in [5, 5.41) is 11.1. The first-order valence-electron chi connectivity index (χ1n) is 4.97. The van der Waals surface area contributed by atoms with Crippen molar-refractivity contribution in [1.82, 2.24) is 15.1 Å². The van der Waals surface area contributed by atoms with Crippen molar-refractivity contribution in [3.05, 3.63) is 0 Å². The molecular formula is C9H17N3O3. The van der Waals surface area contributed by atoms with Gasteiger partial charge in [0.05, 0.1) is 0 Å². The van der Waals surface area contributed by atoms with Crippen LogP contribution in [-0.2, 0) is 4.79 Å². The lowest BCUT2D eigenvalue weighted by Gasteiger charge is -2.32. The van der Waals surface area contributed by atoms with Crippen molar-refractivity contribution in [3.8, 4) is 0 Å². The van der Waals surface area contributed by atoms with E-state index in [1.807, 2.05) is 7.05 Å². The maximum atomic E-state index is 11.6. The zero-order chi connectivity index (χ0) is 11.4. The lowest BCUT2D eigenvalue weighted by molar-refractivity contribution is -0.138. The Morgan fingerprint density at radius 3 is 2.27 bits per heavy atom. The molecule has 0 radical (unpaired) electrons. The van der Waals surface area contributed by atoms with Gasteiger partial charge in [0, 0.05) is 26.2 Å². The Balaban J connectivity index is 2.37. The zero-order valence-corrected chi connectivity index (χ0v) is 9.06. The molecule has 0 aromatic heterocycles. The molecule has 1 fully saturated rings. The molecule has 0 saturated carbocycles. The number of carboxylic acids is 1. The lowest BCUT2D eigenvalue weighted by atomic mass is 10.3. The molecule has 1 rings (SSSR count). The molecule has 6 nitrogen and oxygen atoms in total. The molecule has 1 aliphatic heterocycles. The van der Waals surface area contributed by atoms with Gasteiger partial charge in [0.2, 0.25) is 0 Å². The summed E-state index contributed by atoms with van der Waals surface area (Å²) in [6.07, 6.45) is 0. The predicted octanol–water partition coefficient (Wildman–Crippen LogP) is -0.583. The second kappa shape index (κ2) is 4.97. The van der Waals surface area contributed by atoms with Crippen LogP contribution in [0.3, 0.4) is 0 Å². The normalized spacial score (nSPS) is 19.7. The number of nitrogens with zero attached hydrogens (tertiary/aromatic N) is 2. The van der Waals surface area contributed by atoms with E-state index >= 15 is 0 Å². The highest BCUT2D eigenvalue weighted by Gasteiger charge is 2.21. The SMILES string of the molecule is C[C@H](NC(=O)N1CCN(C)CC1)C(=O)O. The van der Waals surface area contributed by atoms with Crippen molar-refractivity contribution < 1.29 is 14.7 Å². The Bertz CT molecular complexity index is 249. The van der Waals surface area contributed by atoms with Crippen molar-refractivity contribution in [1.29, 1.82) is 0 Å². The van der Waals surface area contributed by atoms with E-state index in [-0.39, 0.29) is 6.03 Å². The summed E-state index contributed by atoms with van der Waals surface area (Å²) in [7, 11) is 2.00. The minimum absolute atomic E-state index is 0.294. The smallest absolute Gasteiger partial charge is 0.325 e. The topological polar surface area (TPSA) is 72.9 Å². The molecule has 1 saturated heterocycles. The molecule has 0 bridgehead atoms. The largest absolute Gasteiger partial charge is 0.480 e. The van der Waals surface area contributed by atoms with Gasteiger partial charge in [-0.15, -0.1) is 0 Å². The molecular weight excluding hydrogens is 198 g/mol. The van der Waals surface area contributed by atoms with Gasteiger partial charge in [-0.05, 0) is 14.0 Å². The number of nitrogens with one attached hydrogen (secondary N) is 1. The predicted molar refractivity (Wildman–Crippen MR) is 54.7 cm³/mol. The number of amides is 2. The van der Waals surface area contributed by atoms with E-state index in [2.05, 4.69) is 10.2 Å². The molecule has 86 valence electrons. The first kappa shape index (κ1) is 11.8. The van der Waals surface area contributed by atoms with E-state index in [1.165, 1.54) is 6.92 Å². The summed E-state index contributed by atoms with van der Waals surface area (Å²) >= 11 is 0. The average Bonchev–Trinajstić information content (AvgIpc) is 2.18. The van der Waals surface area contributed by atoms with Gasteiger partial charge in [0.25, 0.3) is 0 Å². The van der Waals surface area contributed by atoms with E-state index in [4.69, 9.17) is 5.11 Å². The third-order valence-electron chi connectivity index (χ3n) is 2.50. The van der Waals surface area contributed by atoms with Crippen LogP contribution in [-0.4, -0.2) is 66.2 Å². The molecule has 1 atom stereocenters. The molecule has 0 aromatic rings. The second-order valence-corrected chi connectivity index (χ2v) is 3.80. The lowest BCUT2D eigenvalue weighted by Crippen LogP contribution is -2.53. The van der Waals surface area contributed by atoms with Gasteiger partial charge < -0.3 is 20.2 Å². The number of carbonyl (C=O) groups is 2. The number of likely N-dealkylation sites (N-methyl/N-ethyl adjacent to an activating group) is 1. The Kier molecular flexibility index (Phi) is 3.90. The summed E-state index contributed by atoms with van der Waals surface area (Å²) < 4.78 is 0. The van der Waals surface area contributed by atoms with Gasteiger partial charge in [0.1, 0.15) is 6.04 Å². The summed E-state index contributed by atoms with van der Waals surface area (Å²) in [6, 6.07) is -1.13. The molecule has 6 heteroatoms.